The van der Waals surface area contributed by atoms with Gasteiger partial charge in [-0.1, -0.05) is 41.2 Å². The van der Waals surface area contributed by atoms with Crippen molar-refractivity contribution >= 4 is 52.3 Å². The number of nitrogens with zero attached hydrogens (tertiary/aromatic N) is 15. The summed E-state index contributed by atoms with van der Waals surface area (Å²) in [5.41, 5.74) is 2.70. The van der Waals surface area contributed by atoms with E-state index in [2.05, 4.69) is 61.7 Å². The number of hydrogen-bond donors (Lipinski definition) is 5. The van der Waals surface area contributed by atoms with Gasteiger partial charge in [0.05, 0.1) is 75.0 Å². The summed E-state index contributed by atoms with van der Waals surface area (Å²) in [5, 5.41) is 47.4. The van der Waals surface area contributed by atoms with Crippen molar-refractivity contribution < 1.29 is 29.5 Å². The Morgan fingerprint density at radius 2 is 0.907 bits per heavy atom. The summed E-state index contributed by atoms with van der Waals surface area (Å²) in [7, 11) is 0. The van der Waals surface area contributed by atoms with E-state index in [4.69, 9.17) is 64.1 Å². The second kappa shape index (κ2) is 29.9. The van der Waals surface area contributed by atoms with Crippen LogP contribution in [0.1, 0.15) is 55.6 Å². The van der Waals surface area contributed by atoms with Crippen LogP contribution in [0.4, 0.5) is 17.5 Å². The van der Waals surface area contributed by atoms with Gasteiger partial charge in [-0.25, -0.2) is 14.0 Å². The van der Waals surface area contributed by atoms with Crippen LogP contribution in [0.3, 0.4) is 0 Å². The number of halogens is 3. The zero-order valence-electron chi connectivity index (χ0n) is 42.9. The molecule has 26 heteroatoms. The summed E-state index contributed by atoms with van der Waals surface area (Å²) >= 11 is 17.6. The van der Waals surface area contributed by atoms with E-state index in [1.54, 1.807) is 27.8 Å². The van der Waals surface area contributed by atoms with Gasteiger partial charge < -0.3 is 54.9 Å². The molecule has 0 aromatic carbocycles. The molecule has 5 N–H and O–H groups in total. The number of aliphatic hydroxyl groups is 3. The molecule has 75 heavy (non-hydrogen) atoms. The van der Waals surface area contributed by atoms with E-state index in [0.717, 1.165) is 68.0 Å². The number of aromatic nitrogens is 12. The molecule has 0 aliphatic carbocycles. The molecule has 0 bridgehead atoms. The number of anilines is 3. The molecule has 408 valence electrons. The molecular formula is C49H70Cl3N17O6. The lowest BCUT2D eigenvalue weighted by Gasteiger charge is -2.34. The molecule has 5 fully saturated rings. The lowest BCUT2D eigenvalue weighted by Crippen LogP contribution is -2.44. The predicted octanol–water partition coefficient (Wildman–Crippen LogP) is 3.98. The fourth-order valence-corrected chi connectivity index (χ4v) is 8.88. The maximum Gasteiger partial charge on any atom is 0.254 e. The summed E-state index contributed by atoms with van der Waals surface area (Å²) in [4.78, 5) is 32.7. The van der Waals surface area contributed by atoms with E-state index in [1.807, 2.05) is 50.1 Å². The van der Waals surface area contributed by atoms with Crippen molar-refractivity contribution in [2.75, 3.05) is 120 Å². The monoisotopic (exact) mass is 1100 g/mol. The molecule has 23 nitrogen and oxygen atoms in total. The molecule has 5 aliphatic rings. The fraction of sp³-hybridized carbons (Fsp3) is 0.571. The predicted molar refractivity (Wildman–Crippen MR) is 287 cm³/mol. The van der Waals surface area contributed by atoms with Crippen molar-refractivity contribution in [2.45, 2.75) is 77.6 Å². The number of morpholine rings is 3. The lowest BCUT2D eigenvalue weighted by molar-refractivity contribution is -0.00618. The number of ether oxygens (including phenoxy) is 3. The van der Waals surface area contributed by atoms with Crippen LogP contribution in [0.25, 0.3) is 17.8 Å². The Hall–Kier alpha value is -5.18. The Labute approximate surface area is 452 Å². The Morgan fingerprint density at radius 1 is 0.480 bits per heavy atom. The molecule has 0 spiro atoms. The maximum absolute atomic E-state index is 9.44. The lowest BCUT2D eigenvalue weighted by atomic mass is 10.1. The molecule has 3 unspecified atom stereocenters. The molecule has 5 saturated heterocycles. The highest BCUT2D eigenvalue weighted by atomic mass is 35.5. The zero-order chi connectivity index (χ0) is 52.9. The molecule has 0 saturated carbocycles. The van der Waals surface area contributed by atoms with E-state index in [1.165, 1.54) is 62.4 Å². The van der Waals surface area contributed by atoms with Gasteiger partial charge in [0.25, 0.3) is 17.8 Å². The van der Waals surface area contributed by atoms with Gasteiger partial charge in [0.15, 0.2) is 0 Å². The van der Waals surface area contributed by atoms with E-state index >= 15 is 0 Å². The quantitative estimate of drug-likeness (QED) is 0.128. The van der Waals surface area contributed by atoms with Crippen molar-refractivity contribution in [1.29, 1.82) is 0 Å². The highest BCUT2D eigenvalue weighted by Crippen LogP contribution is 2.26. The van der Waals surface area contributed by atoms with Crippen LogP contribution >= 0.6 is 34.8 Å². The number of nitrogens with one attached hydrogen (secondary N) is 2. The third kappa shape index (κ3) is 18.2. The van der Waals surface area contributed by atoms with Crippen molar-refractivity contribution in [2.24, 2.45) is 0 Å². The van der Waals surface area contributed by atoms with Gasteiger partial charge in [-0.15, -0.1) is 0 Å². The Balaban J connectivity index is 0.000000149. The molecule has 0 radical (unpaired) electrons. The summed E-state index contributed by atoms with van der Waals surface area (Å²) in [6.07, 6.45) is 13.0. The van der Waals surface area contributed by atoms with E-state index in [9.17, 15) is 10.2 Å². The van der Waals surface area contributed by atoms with Crippen LogP contribution in [0.15, 0.2) is 55.0 Å². The number of aliphatic hydroxyl groups excluding tert-OH is 3. The van der Waals surface area contributed by atoms with E-state index in [-0.39, 0.29) is 38.1 Å². The molecular weight excluding hydrogens is 1030 g/mol. The standard InChI is InChI=1S/C18H26N6O2.C13H16ClN5O2.C8H6Cl2N4.C5H11NO2.C5H11N/c1-14-5-8-24(21-14)18-19-16(22-6-3-2-4-7-22)11-17(20-18)23-9-10-26-15(12-23)13-25;1-9-2-3-19(17-9)13-15-11(14)6-12(16-13)18-4-5-21-10(7-18)8-20;1-5-2-3-14(13-5)8-11-6(9)4-7(10)12-8;7-4-5-3-6-1-2-8-5;1-2-4-6-5-3-1/h5,8,11,15,25H,2-4,6-7,9-10,12-13H2,1H3;2-3,6,10,20H,4-5,7-8H2,1H3;2-4H,1H3;5-7H,1-4H2;6H,1-5H2. The van der Waals surface area contributed by atoms with Crippen LogP contribution in [0.5, 0.6) is 0 Å². The average Bonchev–Trinajstić information content (AvgIpc) is 4.23. The fourth-order valence-electron chi connectivity index (χ4n) is 8.29. The van der Waals surface area contributed by atoms with Gasteiger partial charge in [0.1, 0.15) is 32.9 Å². The number of hydrogen-bond acceptors (Lipinski definition) is 20. The van der Waals surface area contributed by atoms with Crippen LogP contribution in [0.2, 0.25) is 15.5 Å². The number of rotatable bonds is 9. The molecule has 6 aromatic heterocycles. The largest absolute Gasteiger partial charge is 0.394 e. The molecule has 11 heterocycles. The first-order chi connectivity index (χ1) is 36.5. The topological polar surface area (TPSA) is 253 Å². The number of piperidine rings is 2. The van der Waals surface area contributed by atoms with Crippen LogP contribution in [0, 0.1) is 20.8 Å². The van der Waals surface area contributed by atoms with Crippen molar-refractivity contribution in [3.05, 3.63) is 87.5 Å². The molecule has 11 rings (SSSR count). The minimum absolute atomic E-state index is 0.0134. The van der Waals surface area contributed by atoms with Crippen LogP contribution < -0.4 is 25.3 Å². The van der Waals surface area contributed by atoms with Gasteiger partial charge in [0.2, 0.25) is 0 Å². The van der Waals surface area contributed by atoms with Crippen molar-refractivity contribution in [3.63, 3.8) is 0 Å². The first kappa shape index (κ1) is 57.5. The molecule has 6 aromatic rings. The Kier molecular flexibility index (Phi) is 23.0. The molecule has 0 amide bonds. The second-order valence-corrected chi connectivity index (χ2v) is 19.4. The molecule has 3 atom stereocenters. The van der Waals surface area contributed by atoms with Gasteiger partial charge in [-0.05, 0) is 84.2 Å². The Bertz CT molecular complexity index is 2600. The Morgan fingerprint density at radius 3 is 1.31 bits per heavy atom. The van der Waals surface area contributed by atoms with E-state index in [0.29, 0.717) is 72.0 Å². The highest BCUT2D eigenvalue weighted by Gasteiger charge is 2.25. The number of aryl methyl sites for hydroxylation is 3. The average molecular weight is 1100 g/mol. The van der Waals surface area contributed by atoms with Crippen LogP contribution in [-0.2, 0) is 14.2 Å². The third-order valence-corrected chi connectivity index (χ3v) is 12.8. The minimum atomic E-state index is -0.206. The summed E-state index contributed by atoms with van der Waals surface area (Å²) in [6, 6.07) is 10.9. The van der Waals surface area contributed by atoms with E-state index < -0.39 is 0 Å². The van der Waals surface area contributed by atoms with Gasteiger partial charge in [0, 0.05) is 89.1 Å². The second-order valence-electron chi connectivity index (χ2n) is 18.2. The van der Waals surface area contributed by atoms with Crippen molar-refractivity contribution in [3.8, 4) is 17.8 Å². The zero-order valence-corrected chi connectivity index (χ0v) is 45.2. The smallest absolute Gasteiger partial charge is 0.254 e. The van der Waals surface area contributed by atoms with Gasteiger partial charge in [-0.3, -0.25) is 0 Å². The first-order valence-corrected chi connectivity index (χ1v) is 26.7. The maximum atomic E-state index is 9.44. The van der Waals surface area contributed by atoms with Crippen LogP contribution in [-0.4, -0.2) is 198 Å². The summed E-state index contributed by atoms with van der Waals surface area (Å²) in [6.45, 7) is 16.6. The van der Waals surface area contributed by atoms with Gasteiger partial charge in [-0.2, -0.15) is 45.2 Å². The van der Waals surface area contributed by atoms with Crippen molar-refractivity contribution in [1.82, 2.24) is 69.9 Å². The third-order valence-electron chi connectivity index (χ3n) is 12.2. The highest BCUT2D eigenvalue weighted by molar-refractivity contribution is 6.33. The minimum Gasteiger partial charge on any atom is -0.394 e. The first-order valence-electron chi connectivity index (χ1n) is 25.5. The summed E-state index contributed by atoms with van der Waals surface area (Å²) in [5.74, 6) is 3.91. The SMILES string of the molecule is C1CCNCC1.Cc1ccn(-c2nc(Cl)cc(Cl)n2)n1.Cc1ccn(-c2nc(Cl)cc(N3CCOC(CO)C3)n2)n1.Cc1ccn(-c2nc(N3CCCCC3)cc(N3CCOC(CO)C3)n2)n1.OCC1CNCCO1. The molecule has 5 aliphatic heterocycles. The summed E-state index contributed by atoms with van der Waals surface area (Å²) < 4.78 is 21.0. The normalized spacial score (nSPS) is 19.8. The van der Waals surface area contributed by atoms with Gasteiger partial charge >= 0.3 is 0 Å².